The van der Waals surface area contributed by atoms with Crippen molar-refractivity contribution in [2.24, 2.45) is 5.73 Å². The molecule has 17 heavy (non-hydrogen) atoms. The van der Waals surface area contributed by atoms with Gasteiger partial charge in [0.05, 0.1) is 0 Å². The van der Waals surface area contributed by atoms with E-state index in [2.05, 4.69) is 5.32 Å². The number of carbonyl (C=O) groups excluding carboxylic acids is 1. The number of nitrogens with one attached hydrogen (secondary N) is 1. The molecule has 90 valence electrons. The van der Waals surface area contributed by atoms with Gasteiger partial charge in [0.15, 0.2) is 5.11 Å². The van der Waals surface area contributed by atoms with Gasteiger partial charge in [-0.25, -0.2) is 0 Å². The molecule has 1 heterocycles. The van der Waals surface area contributed by atoms with Gasteiger partial charge in [0, 0.05) is 24.3 Å². The normalized spacial score (nSPS) is 14.4. The molecule has 0 atom stereocenters. The van der Waals surface area contributed by atoms with E-state index in [1.54, 1.807) is 0 Å². The monoisotopic (exact) mass is 249 g/mol. The number of amides is 1. The number of hydrogen-bond acceptors (Lipinski definition) is 2. The zero-order chi connectivity index (χ0) is 12.4. The number of anilines is 2. The Labute approximate surface area is 106 Å². The van der Waals surface area contributed by atoms with Crippen molar-refractivity contribution < 1.29 is 4.79 Å². The van der Waals surface area contributed by atoms with Crippen LogP contribution < -0.4 is 16.0 Å². The molecule has 1 aromatic carbocycles. The zero-order valence-corrected chi connectivity index (χ0v) is 10.5. The lowest BCUT2D eigenvalue weighted by Gasteiger charge is -2.28. The van der Waals surface area contributed by atoms with E-state index in [0.717, 1.165) is 23.4 Å². The summed E-state index contributed by atoms with van der Waals surface area (Å²) in [5.74, 6) is 0.190. The molecule has 0 unspecified atom stereocenters. The third kappa shape index (κ3) is 2.39. The van der Waals surface area contributed by atoms with E-state index in [1.165, 1.54) is 0 Å². The molecule has 1 aromatic rings. The van der Waals surface area contributed by atoms with Crippen LogP contribution in [0.25, 0.3) is 0 Å². The highest BCUT2D eigenvalue weighted by Crippen LogP contribution is 2.29. The first-order valence-electron chi connectivity index (χ1n) is 5.61. The van der Waals surface area contributed by atoms with Crippen molar-refractivity contribution in [3.05, 3.63) is 23.8 Å². The first kappa shape index (κ1) is 11.9. The molecular formula is C12H15N3OS. The molecule has 1 aliphatic rings. The number of nitrogens with zero attached hydrogens (tertiary/aromatic N) is 1. The minimum atomic E-state index is 0.190. The molecule has 0 spiro atoms. The Morgan fingerprint density at radius 2 is 2.29 bits per heavy atom. The summed E-state index contributed by atoms with van der Waals surface area (Å²) in [6, 6.07) is 5.83. The Balaban J connectivity index is 2.34. The summed E-state index contributed by atoms with van der Waals surface area (Å²) in [6.45, 7) is 2.68. The summed E-state index contributed by atoms with van der Waals surface area (Å²) in [5, 5.41) is 3.16. The predicted molar refractivity (Wildman–Crippen MR) is 73.2 cm³/mol. The fourth-order valence-corrected chi connectivity index (χ4v) is 2.24. The third-order valence-electron chi connectivity index (χ3n) is 2.86. The van der Waals surface area contributed by atoms with Gasteiger partial charge in [0.1, 0.15) is 0 Å². The highest BCUT2D eigenvalue weighted by atomic mass is 32.1. The zero-order valence-electron chi connectivity index (χ0n) is 9.69. The first-order chi connectivity index (χ1) is 8.11. The van der Waals surface area contributed by atoms with E-state index in [0.29, 0.717) is 13.0 Å². The van der Waals surface area contributed by atoms with Crippen molar-refractivity contribution in [1.29, 1.82) is 0 Å². The molecule has 5 heteroatoms. The first-order valence-corrected chi connectivity index (χ1v) is 6.02. The van der Waals surface area contributed by atoms with Crippen LogP contribution in [-0.4, -0.2) is 17.6 Å². The fourth-order valence-electron chi connectivity index (χ4n) is 2.13. The summed E-state index contributed by atoms with van der Waals surface area (Å²) in [7, 11) is 0. The maximum absolute atomic E-state index is 11.7. The minimum absolute atomic E-state index is 0.190. The second-order valence-electron chi connectivity index (χ2n) is 3.97. The molecule has 0 saturated heterocycles. The van der Waals surface area contributed by atoms with Crippen LogP contribution in [0, 0.1) is 0 Å². The van der Waals surface area contributed by atoms with Crippen molar-refractivity contribution in [2.75, 3.05) is 16.8 Å². The number of rotatable bonds is 2. The number of fused-ring (bicyclic) bond motifs is 1. The van der Waals surface area contributed by atoms with Crippen LogP contribution in [0.3, 0.4) is 0 Å². The molecule has 4 nitrogen and oxygen atoms in total. The van der Waals surface area contributed by atoms with Crippen molar-refractivity contribution in [1.82, 2.24) is 0 Å². The lowest BCUT2D eigenvalue weighted by Crippen LogP contribution is -2.34. The summed E-state index contributed by atoms with van der Waals surface area (Å²) >= 11 is 4.80. The van der Waals surface area contributed by atoms with Crippen LogP contribution in [0.2, 0.25) is 0 Å². The van der Waals surface area contributed by atoms with E-state index in [9.17, 15) is 4.79 Å². The summed E-state index contributed by atoms with van der Waals surface area (Å²) in [6.07, 6.45) is 1.34. The van der Waals surface area contributed by atoms with E-state index < -0.39 is 0 Å². The highest BCUT2D eigenvalue weighted by Gasteiger charge is 2.22. The van der Waals surface area contributed by atoms with Gasteiger partial charge in [-0.1, -0.05) is 0 Å². The minimum Gasteiger partial charge on any atom is -0.376 e. The van der Waals surface area contributed by atoms with E-state index in [1.807, 2.05) is 30.0 Å². The predicted octanol–water partition coefficient (Wildman–Crippen LogP) is 1.64. The van der Waals surface area contributed by atoms with Crippen LogP contribution in [-0.2, 0) is 11.2 Å². The van der Waals surface area contributed by atoms with Crippen LogP contribution in [0.15, 0.2) is 18.2 Å². The quantitative estimate of drug-likeness (QED) is 0.782. The average molecular weight is 249 g/mol. The molecule has 0 aliphatic carbocycles. The summed E-state index contributed by atoms with van der Waals surface area (Å²) in [4.78, 5) is 13.5. The van der Waals surface area contributed by atoms with Crippen molar-refractivity contribution in [3.63, 3.8) is 0 Å². The highest BCUT2D eigenvalue weighted by molar-refractivity contribution is 7.80. The number of hydrogen-bond donors (Lipinski definition) is 2. The lowest BCUT2D eigenvalue weighted by atomic mass is 10.0. The third-order valence-corrected chi connectivity index (χ3v) is 2.97. The van der Waals surface area contributed by atoms with Gasteiger partial charge in [-0.05, 0) is 49.3 Å². The van der Waals surface area contributed by atoms with Crippen LogP contribution in [0.1, 0.15) is 18.9 Å². The maximum atomic E-state index is 11.7. The number of benzene rings is 1. The van der Waals surface area contributed by atoms with Crippen molar-refractivity contribution in [2.45, 2.75) is 19.8 Å². The smallest absolute Gasteiger partial charge is 0.227 e. The average Bonchev–Trinajstić information content (AvgIpc) is 2.28. The molecule has 1 amide bonds. The molecule has 0 bridgehead atoms. The van der Waals surface area contributed by atoms with Crippen LogP contribution in [0.4, 0.5) is 11.4 Å². The van der Waals surface area contributed by atoms with Crippen molar-refractivity contribution in [3.8, 4) is 0 Å². The van der Waals surface area contributed by atoms with Gasteiger partial charge in [0.2, 0.25) is 5.91 Å². The number of thiocarbonyl (C=S) groups is 1. The molecular weight excluding hydrogens is 234 g/mol. The Morgan fingerprint density at radius 1 is 1.53 bits per heavy atom. The van der Waals surface area contributed by atoms with Gasteiger partial charge in [-0.3, -0.25) is 4.79 Å². The van der Waals surface area contributed by atoms with Gasteiger partial charge in [0.25, 0.3) is 0 Å². The lowest BCUT2D eigenvalue weighted by molar-refractivity contribution is -0.118. The van der Waals surface area contributed by atoms with Crippen LogP contribution in [0.5, 0.6) is 0 Å². The SMILES string of the molecule is CCN1C(=O)CCc2cc(NC(N)=S)ccc21. The van der Waals surface area contributed by atoms with Gasteiger partial charge >= 0.3 is 0 Å². The molecule has 0 fully saturated rings. The molecule has 0 aromatic heterocycles. The topological polar surface area (TPSA) is 58.4 Å². The van der Waals surface area contributed by atoms with E-state index in [-0.39, 0.29) is 11.0 Å². The fraction of sp³-hybridized carbons (Fsp3) is 0.333. The Hall–Kier alpha value is -1.62. The largest absolute Gasteiger partial charge is 0.376 e. The Kier molecular flexibility index (Phi) is 3.28. The number of nitrogens with two attached hydrogens (primary N) is 1. The standard InChI is InChI=1S/C12H15N3OS/c1-2-15-10-5-4-9(14-12(13)17)7-8(10)3-6-11(15)16/h4-5,7H,2-3,6H2,1H3,(H3,13,14,17). The van der Waals surface area contributed by atoms with Crippen molar-refractivity contribution >= 4 is 34.6 Å². The second kappa shape index (κ2) is 4.71. The van der Waals surface area contributed by atoms with E-state index >= 15 is 0 Å². The van der Waals surface area contributed by atoms with Gasteiger partial charge in [-0.15, -0.1) is 0 Å². The molecule has 0 radical (unpaired) electrons. The van der Waals surface area contributed by atoms with Gasteiger partial charge in [-0.2, -0.15) is 0 Å². The molecule has 3 N–H and O–H groups in total. The van der Waals surface area contributed by atoms with E-state index in [4.69, 9.17) is 18.0 Å². The molecule has 1 aliphatic heterocycles. The summed E-state index contributed by atoms with van der Waals surface area (Å²) < 4.78 is 0. The second-order valence-corrected chi connectivity index (χ2v) is 4.41. The molecule has 0 saturated carbocycles. The number of aryl methyl sites for hydroxylation is 1. The summed E-state index contributed by atoms with van der Waals surface area (Å²) in [5.41, 5.74) is 8.47. The Morgan fingerprint density at radius 3 is 2.94 bits per heavy atom. The van der Waals surface area contributed by atoms with Crippen LogP contribution >= 0.6 is 12.2 Å². The van der Waals surface area contributed by atoms with Gasteiger partial charge < -0.3 is 16.0 Å². The Bertz CT molecular complexity index is 473. The number of carbonyl (C=O) groups is 1. The maximum Gasteiger partial charge on any atom is 0.227 e. The molecule has 2 rings (SSSR count).